The van der Waals surface area contributed by atoms with Crippen LogP contribution in [-0.4, -0.2) is 5.97 Å². The third-order valence-electron chi connectivity index (χ3n) is 8.87. The van der Waals surface area contributed by atoms with Crippen molar-refractivity contribution in [3.8, 4) is 5.75 Å². The topological polar surface area (TPSA) is 26.3 Å². The minimum Gasteiger partial charge on any atom is -0.421 e. The molecule has 43 heavy (non-hydrogen) atoms. The van der Waals surface area contributed by atoms with Gasteiger partial charge in [0.25, 0.3) is 0 Å². The molecule has 0 atom stereocenters. The van der Waals surface area contributed by atoms with Crippen molar-refractivity contribution in [1.29, 1.82) is 0 Å². The average Bonchev–Trinajstić information content (AvgIpc) is 3.05. The molecule has 4 aromatic carbocycles. The van der Waals surface area contributed by atoms with E-state index in [1.165, 1.54) is 90.0 Å². The normalized spacial score (nSPS) is 16.4. The lowest BCUT2D eigenvalue weighted by Gasteiger charge is -2.22. The fourth-order valence-electron chi connectivity index (χ4n) is 6.54. The maximum Gasteiger partial charge on any atom is 0.343 e. The SMILES string of the molecule is O=C(Oc1c(I)cc(I)cc1I)c1ccc([S+](c2ccc(C3CCCCC3)cc2)c2ccc(C3CCCCC3)cc2)cc1. The van der Waals surface area contributed by atoms with Crippen molar-refractivity contribution in [2.45, 2.75) is 90.7 Å². The third kappa shape index (κ3) is 7.83. The van der Waals surface area contributed by atoms with E-state index in [1.807, 2.05) is 24.3 Å². The van der Waals surface area contributed by atoms with Crippen LogP contribution in [0.5, 0.6) is 5.75 Å². The molecule has 0 heterocycles. The summed E-state index contributed by atoms with van der Waals surface area (Å²) in [5, 5.41) is 0. The maximum atomic E-state index is 13.2. The number of benzene rings is 4. The zero-order valence-corrected chi connectivity index (χ0v) is 31.5. The van der Waals surface area contributed by atoms with Gasteiger partial charge in [0.2, 0.25) is 0 Å². The van der Waals surface area contributed by atoms with Gasteiger partial charge in [0.05, 0.1) is 23.6 Å². The van der Waals surface area contributed by atoms with Crippen molar-refractivity contribution in [2.75, 3.05) is 0 Å². The van der Waals surface area contributed by atoms with Gasteiger partial charge in [0.15, 0.2) is 20.4 Å². The molecule has 0 bridgehead atoms. The fourth-order valence-corrected chi connectivity index (χ4v) is 12.4. The third-order valence-corrected chi connectivity index (χ3v) is 13.3. The summed E-state index contributed by atoms with van der Waals surface area (Å²) in [7, 11) is -0.266. The number of hydrogen-bond donors (Lipinski definition) is 0. The molecule has 2 nitrogen and oxygen atoms in total. The number of esters is 1. The largest absolute Gasteiger partial charge is 0.421 e. The van der Waals surface area contributed by atoms with E-state index < -0.39 is 0 Å². The number of ether oxygens (including phenoxy) is 1. The van der Waals surface area contributed by atoms with Crippen molar-refractivity contribution in [3.63, 3.8) is 0 Å². The Kier molecular flexibility index (Phi) is 11.1. The molecule has 0 N–H and O–H groups in total. The van der Waals surface area contributed by atoms with Gasteiger partial charge in [-0.3, -0.25) is 0 Å². The number of carbonyl (C=O) groups excluding carboxylic acids is 1. The predicted molar refractivity (Wildman–Crippen MR) is 203 cm³/mol. The standard InChI is InChI=1S/C37H36I3O2S/c38-30-23-34(39)36(35(40)24-30)42-37(41)29-15-21-33(22-16-29)43(31-17-11-27(12-18-31)25-7-3-1-4-8-25)32-19-13-28(14-20-32)26-9-5-2-6-10-26/h11-26H,1-10H2/q+1. The number of hydrogen-bond acceptors (Lipinski definition) is 2. The summed E-state index contributed by atoms with van der Waals surface area (Å²) >= 11 is 6.76. The van der Waals surface area contributed by atoms with Crippen LogP contribution in [0.4, 0.5) is 0 Å². The van der Waals surface area contributed by atoms with Crippen molar-refractivity contribution in [3.05, 3.63) is 112 Å². The molecule has 0 amide bonds. The van der Waals surface area contributed by atoms with Crippen LogP contribution in [-0.2, 0) is 10.9 Å². The van der Waals surface area contributed by atoms with E-state index in [2.05, 4.69) is 128 Å². The van der Waals surface area contributed by atoms with Crippen molar-refractivity contribution < 1.29 is 9.53 Å². The van der Waals surface area contributed by atoms with E-state index in [9.17, 15) is 4.79 Å². The van der Waals surface area contributed by atoms with Crippen LogP contribution in [0.25, 0.3) is 0 Å². The number of rotatable bonds is 7. The van der Waals surface area contributed by atoms with Gasteiger partial charge in [-0.2, -0.15) is 0 Å². The molecular weight excluding hydrogens is 889 g/mol. The Labute approximate surface area is 299 Å². The Bertz CT molecular complexity index is 1450. The number of halogens is 3. The van der Waals surface area contributed by atoms with Crippen molar-refractivity contribution in [1.82, 2.24) is 0 Å². The highest BCUT2D eigenvalue weighted by molar-refractivity contribution is 14.1. The highest BCUT2D eigenvalue weighted by Crippen LogP contribution is 2.38. The first-order chi connectivity index (χ1) is 21.0. The summed E-state index contributed by atoms with van der Waals surface area (Å²) in [6, 6.07) is 31.0. The summed E-state index contributed by atoms with van der Waals surface area (Å²) in [5.41, 5.74) is 3.54. The van der Waals surface area contributed by atoms with E-state index in [0.717, 1.165) is 10.7 Å². The van der Waals surface area contributed by atoms with E-state index in [1.54, 1.807) is 0 Å². The van der Waals surface area contributed by atoms with Crippen molar-refractivity contribution in [2.24, 2.45) is 0 Å². The maximum absolute atomic E-state index is 13.2. The van der Waals surface area contributed by atoms with Crippen LogP contribution in [0.3, 0.4) is 0 Å². The Hall–Kier alpha value is -1.11. The van der Waals surface area contributed by atoms with Crippen LogP contribution >= 0.6 is 67.8 Å². The van der Waals surface area contributed by atoms with Crippen LogP contribution in [0, 0.1) is 10.7 Å². The molecule has 2 saturated carbocycles. The molecule has 0 radical (unpaired) electrons. The zero-order valence-electron chi connectivity index (χ0n) is 24.2. The van der Waals surface area contributed by atoms with Gasteiger partial charge in [-0.05, 0) is 177 Å². The minimum absolute atomic E-state index is 0.266. The highest BCUT2D eigenvalue weighted by Gasteiger charge is 2.30. The van der Waals surface area contributed by atoms with Crippen LogP contribution < -0.4 is 4.74 Å². The van der Waals surface area contributed by atoms with Gasteiger partial charge in [0.1, 0.15) is 0 Å². The quantitative estimate of drug-likeness (QED) is 0.0799. The minimum atomic E-state index is -0.322. The molecular formula is C37H36I3O2S+. The molecule has 2 aliphatic carbocycles. The van der Waals surface area contributed by atoms with Gasteiger partial charge in [0, 0.05) is 3.57 Å². The van der Waals surface area contributed by atoms with E-state index in [4.69, 9.17) is 4.74 Å². The highest BCUT2D eigenvalue weighted by atomic mass is 127. The molecule has 2 aliphatic rings. The molecule has 4 aromatic rings. The molecule has 6 rings (SSSR count). The lowest BCUT2D eigenvalue weighted by molar-refractivity contribution is 0.0732. The summed E-state index contributed by atoms with van der Waals surface area (Å²) < 4.78 is 8.88. The Morgan fingerprint density at radius 3 is 1.40 bits per heavy atom. The smallest absolute Gasteiger partial charge is 0.343 e. The van der Waals surface area contributed by atoms with Crippen LogP contribution in [0.1, 0.15) is 97.5 Å². The second kappa shape index (κ2) is 15.0. The van der Waals surface area contributed by atoms with Gasteiger partial charge in [-0.25, -0.2) is 4.79 Å². The van der Waals surface area contributed by atoms with Gasteiger partial charge in [-0.15, -0.1) is 0 Å². The molecule has 2 fully saturated rings. The Morgan fingerprint density at radius 1 is 0.581 bits per heavy atom. The summed E-state index contributed by atoms with van der Waals surface area (Å²) in [6.07, 6.45) is 13.4. The first-order valence-corrected chi connectivity index (χ1v) is 19.8. The molecule has 0 unspecified atom stereocenters. The second-order valence-electron chi connectivity index (χ2n) is 11.7. The van der Waals surface area contributed by atoms with E-state index in [0.29, 0.717) is 23.1 Å². The van der Waals surface area contributed by atoms with Gasteiger partial charge >= 0.3 is 5.97 Å². The monoisotopic (exact) mass is 925 g/mol. The molecule has 0 aliphatic heterocycles. The molecule has 0 saturated heterocycles. The molecule has 0 aromatic heterocycles. The molecule has 6 heteroatoms. The Morgan fingerprint density at radius 2 is 0.977 bits per heavy atom. The van der Waals surface area contributed by atoms with Crippen LogP contribution in [0.2, 0.25) is 0 Å². The van der Waals surface area contributed by atoms with Gasteiger partial charge < -0.3 is 4.74 Å². The van der Waals surface area contributed by atoms with E-state index in [-0.39, 0.29) is 16.9 Å². The summed E-state index contributed by atoms with van der Waals surface area (Å²) in [4.78, 5) is 17.0. The molecule has 222 valence electrons. The first-order valence-electron chi connectivity index (χ1n) is 15.4. The predicted octanol–water partition coefficient (Wildman–Crippen LogP) is 11.9. The average molecular weight is 925 g/mol. The Balaban J connectivity index is 1.28. The fraction of sp³-hybridized carbons (Fsp3) is 0.324. The summed E-state index contributed by atoms with van der Waals surface area (Å²) in [6.45, 7) is 0. The lowest BCUT2D eigenvalue weighted by Crippen LogP contribution is -2.11. The second-order valence-corrected chi connectivity index (χ2v) is 17.3. The lowest BCUT2D eigenvalue weighted by atomic mass is 9.84. The first kappa shape index (κ1) is 31.9. The summed E-state index contributed by atoms with van der Waals surface area (Å²) in [5.74, 6) is 1.71. The van der Waals surface area contributed by atoms with Crippen molar-refractivity contribution >= 4 is 84.6 Å². The molecule has 0 spiro atoms. The zero-order chi connectivity index (χ0) is 29.8. The van der Waals surface area contributed by atoms with E-state index >= 15 is 0 Å². The van der Waals surface area contributed by atoms with Crippen LogP contribution in [0.15, 0.2) is 99.6 Å². The van der Waals surface area contributed by atoms with Gasteiger partial charge in [-0.1, -0.05) is 62.8 Å². The number of carbonyl (C=O) groups is 1.